The molecule has 0 aliphatic carbocycles. The molecule has 3 aromatic carbocycles. The fraction of sp³-hybridized carbons (Fsp3) is 0.0800. The molecule has 5 heteroatoms. The van der Waals surface area contributed by atoms with E-state index in [2.05, 4.69) is 0 Å². The lowest BCUT2D eigenvalue weighted by atomic mass is 9.83. The smallest absolute Gasteiger partial charge is 0.339 e. The summed E-state index contributed by atoms with van der Waals surface area (Å²) in [4.78, 5) is 41.0. The second-order valence-corrected chi connectivity index (χ2v) is 7.30. The lowest BCUT2D eigenvalue weighted by molar-refractivity contribution is -0.132. The van der Waals surface area contributed by atoms with Crippen molar-refractivity contribution in [1.82, 2.24) is 0 Å². The first kappa shape index (κ1) is 18.1. The number of para-hydroxylation sites is 1. The van der Waals surface area contributed by atoms with Crippen LogP contribution in [0.3, 0.4) is 0 Å². The van der Waals surface area contributed by atoms with Gasteiger partial charge in [-0.3, -0.25) is 9.59 Å². The number of nitrogens with zero attached hydrogens (tertiary/aromatic N) is 1. The van der Waals surface area contributed by atoms with Gasteiger partial charge in [-0.25, -0.2) is 9.69 Å². The normalized spacial score (nSPS) is 21.8. The van der Waals surface area contributed by atoms with Gasteiger partial charge in [-0.2, -0.15) is 0 Å². The quantitative estimate of drug-likeness (QED) is 0.376. The monoisotopic (exact) mass is 395 g/mol. The van der Waals surface area contributed by atoms with E-state index >= 15 is 0 Å². The first-order valence-electron chi connectivity index (χ1n) is 9.62. The van der Waals surface area contributed by atoms with Gasteiger partial charge in [-0.1, -0.05) is 66.7 Å². The molecule has 0 N–H and O–H groups in total. The van der Waals surface area contributed by atoms with Gasteiger partial charge >= 0.3 is 5.97 Å². The van der Waals surface area contributed by atoms with Crippen molar-refractivity contribution in [1.29, 1.82) is 0 Å². The Morgan fingerprint density at radius 2 is 1.43 bits per heavy atom. The minimum atomic E-state index is -1.69. The van der Waals surface area contributed by atoms with Gasteiger partial charge in [-0.15, -0.1) is 0 Å². The molecule has 0 saturated carbocycles. The van der Waals surface area contributed by atoms with Crippen molar-refractivity contribution >= 4 is 29.5 Å². The van der Waals surface area contributed by atoms with Crippen LogP contribution in [0, 0.1) is 0 Å². The van der Waals surface area contributed by atoms with Crippen molar-refractivity contribution in [2.24, 2.45) is 0 Å². The maximum Gasteiger partial charge on any atom is 0.339 e. The number of imide groups is 1. The van der Waals surface area contributed by atoms with Gasteiger partial charge in [0, 0.05) is 6.42 Å². The summed E-state index contributed by atoms with van der Waals surface area (Å²) in [5.41, 5.74) is 0.764. The number of hydrogen-bond donors (Lipinski definition) is 0. The number of amides is 2. The minimum absolute atomic E-state index is 0.113. The Labute approximate surface area is 173 Å². The highest BCUT2D eigenvalue weighted by Crippen LogP contribution is 2.43. The number of fused-ring (bicyclic) bond motifs is 1. The van der Waals surface area contributed by atoms with Gasteiger partial charge in [0.2, 0.25) is 5.60 Å². The van der Waals surface area contributed by atoms with Crippen LogP contribution < -0.4 is 4.90 Å². The van der Waals surface area contributed by atoms with E-state index in [0.717, 1.165) is 10.5 Å². The number of rotatable bonds is 2. The Bertz CT molecular complexity index is 1200. The summed E-state index contributed by atoms with van der Waals surface area (Å²) in [5, 5.41) is 0. The van der Waals surface area contributed by atoms with Crippen LogP contribution in [0.4, 0.5) is 5.69 Å². The third kappa shape index (κ3) is 2.67. The molecule has 0 bridgehead atoms. The second kappa shape index (κ2) is 6.81. The number of anilines is 1. The zero-order chi connectivity index (χ0) is 20.7. The number of carbonyl (C=O) groups is 3. The van der Waals surface area contributed by atoms with Crippen molar-refractivity contribution < 1.29 is 19.1 Å². The standard InChI is InChI=1S/C25H17NO4/c27-22-21(15-17-9-3-1-4-10-17)25(24(29)26(22)19-12-5-2-6-13-19)16-18-11-7-8-14-20(18)23(28)30-25/h1-15H,16H2/b21-15-. The summed E-state index contributed by atoms with van der Waals surface area (Å²) < 4.78 is 5.76. The van der Waals surface area contributed by atoms with E-state index in [4.69, 9.17) is 4.74 Å². The van der Waals surface area contributed by atoms with Gasteiger partial charge < -0.3 is 4.74 Å². The Morgan fingerprint density at radius 3 is 2.17 bits per heavy atom. The SMILES string of the molecule is O=C1OC2(Cc3ccccc31)C(=O)N(c1ccccc1)C(=O)/C2=C/c1ccccc1. The number of hydrogen-bond acceptors (Lipinski definition) is 4. The molecule has 1 spiro atoms. The van der Waals surface area contributed by atoms with Gasteiger partial charge in [0.05, 0.1) is 16.8 Å². The predicted octanol–water partition coefficient (Wildman–Crippen LogP) is 3.80. The summed E-state index contributed by atoms with van der Waals surface area (Å²) in [5.74, 6) is -1.64. The van der Waals surface area contributed by atoms with Crippen molar-refractivity contribution in [2.45, 2.75) is 12.0 Å². The molecule has 0 aromatic heterocycles. The van der Waals surface area contributed by atoms with E-state index in [1.165, 1.54) is 0 Å². The number of ether oxygens (including phenoxy) is 1. The van der Waals surface area contributed by atoms with Crippen LogP contribution >= 0.6 is 0 Å². The molecule has 5 rings (SSSR count). The number of esters is 1. The van der Waals surface area contributed by atoms with Gasteiger partial charge in [0.25, 0.3) is 11.8 Å². The fourth-order valence-corrected chi connectivity index (χ4v) is 4.05. The number of benzene rings is 3. The summed E-state index contributed by atoms with van der Waals surface area (Å²) >= 11 is 0. The largest absolute Gasteiger partial charge is 0.440 e. The summed E-state index contributed by atoms with van der Waals surface area (Å²) in [6.45, 7) is 0. The minimum Gasteiger partial charge on any atom is -0.440 e. The summed E-state index contributed by atoms with van der Waals surface area (Å²) in [6.07, 6.45) is 1.76. The van der Waals surface area contributed by atoms with Crippen molar-refractivity contribution in [3.63, 3.8) is 0 Å². The molecule has 30 heavy (non-hydrogen) atoms. The highest BCUT2D eigenvalue weighted by atomic mass is 16.6. The average molecular weight is 395 g/mol. The first-order chi connectivity index (χ1) is 14.6. The second-order valence-electron chi connectivity index (χ2n) is 7.30. The molecule has 2 heterocycles. The average Bonchev–Trinajstić information content (AvgIpc) is 2.96. The predicted molar refractivity (Wildman–Crippen MR) is 112 cm³/mol. The Kier molecular flexibility index (Phi) is 4.10. The van der Waals surface area contributed by atoms with Crippen LogP contribution in [0.1, 0.15) is 21.5 Å². The lowest BCUT2D eigenvalue weighted by Crippen LogP contribution is -2.49. The molecule has 5 nitrogen and oxygen atoms in total. The maximum atomic E-state index is 13.6. The van der Waals surface area contributed by atoms with Gasteiger partial charge in [-0.05, 0) is 35.4 Å². The zero-order valence-electron chi connectivity index (χ0n) is 15.9. The molecule has 1 saturated heterocycles. The first-order valence-corrected chi connectivity index (χ1v) is 9.62. The van der Waals surface area contributed by atoms with Crippen LogP contribution in [-0.4, -0.2) is 23.4 Å². The van der Waals surface area contributed by atoms with E-state index in [9.17, 15) is 14.4 Å². The highest BCUT2D eigenvalue weighted by molar-refractivity contribution is 6.34. The highest BCUT2D eigenvalue weighted by Gasteiger charge is 2.61. The molecule has 0 radical (unpaired) electrons. The number of carbonyl (C=O) groups excluding carboxylic acids is 3. The molecule has 2 aliphatic heterocycles. The van der Waals surface area contributed by atoms with Crippen LogP contribution in [0.2, 0.25) is 0 Å². The molecule has 1 unspecified atom stereocenters. The third-order valence-corrected chi connectivity index (χ3v) is 5.49. The summed E-state index contributed by atoms with van der Waals surface area (Å²) in [7, 11) is 0. The van der Waals surface area contributed by atoms with E-state index < -0.39 is 23.4 Å². The van der Waals surface area contributed by atoms with E-state index in [1.54, 1.807) is 48.5 Å². The van der Waals surface area contributed by atoms with E-state index in [-0.39, 0.29) is 12.0 Å². The maximum absolute atomic E-state index is 13.6. The molecule has 2 amide bonds. The van der Waals surface area contributed by atoms with Crippen molar-refractivity contribution in [3.05, 3.63) is 107 Å². The Morgan fingerprint density at radius 1 is 0.800 bits per heavy atom. The molecule has 1 fully saturated rings. The topological polar surface area (TPSA) is 63.7 Å². The van der Waals surface area contributed by atoms with Crippen LogP contribution in [0.15, 0.2) is 90.5 Å². The summed E-state index contributed by atoms with van der Waals surface area (Å²) in [6, 6.07) is 24.9. The molecular formula is C25H17NO4. The van der Waals surface area contributed by atoms with Crippen molar-refractivity contribution in [3.8, 4) is 0 Å². The molecule has 1 atom stereocenters. The molecule has 146 valence electrons. The molecule has 3 aromatic rings. The van der Waals surface area contributed by atoms with Crippen LogP contribution in [-0.2, 0) is 20.7 Å². The van der Waals surface area contributed by atoms with Gasteiger partial charge in [0.1, 0.15) is 0 Å². The van der Waals surface area contributed by atoms with Crippen LogP contribution in [0.25, 0.3) is 6.08 Å². The van der Waals surface area contributed by atoms with Crippen molar-refractivity contribution in [2.75, 3.05) is 4.90 Å². The third-order valence-electron chi connectivity index (χ3n) is 5.49. The van der Waals surface area contributed by atoms with Gasteiger partial charge in [0.15, 0.2) is 0 Å². The molecular weight excluding hydrogens is 378 g/mol. The van der Waals surface area contributed by atoms with E-state index in [0.29, 0.717) is 16.8 Å². The fourth-order valence-electron chi connectivity index (χ4n) is 4.05. The lowest BCUT2D eigenvalue weighted by Gasteiger charge is -2.32. The Balaban J connectivity index is 1.71. The zero-order valence-corrected chi connectivity index (χ0v) is 15.9. The Hall–Kier alpha value is -3.99. The van der Waals surface area contributed by atoms with Crippen LogP contribution in [0.5, 0.6) is 0 Å². The molecule has 2 aliphatic rings. The van der Waals surface area contributed by atoms with E-state index in [1.807, 2.05) is 42.5 Å².